The Morgan fingerprint density at radius 1 is 1.38 bits per heavy atom. The molecule has 0 saturated carbocycles. The molecule has 3 heterocycles. The zero-order valence-corrected chi connectivity index (χ0v) is 13.7. The Balaban J connectivity index is 1.98. The highest BCUT2D eigenvalue weighted by Gasteiger charge is 2.46. The van der Waals surface area contributed by atoms with Crippen LogP contribution in [-0.4, -0.2) is 39.5 Å². The van der Waals surface area contributed by atoms with E-state index in [4.69, 9.17) is 4.74 Å². The number of amides is 1. The van der Waals surface area contributed by atoms with Gasteiger partial charge in [0.2, 0.25) is 0 Å². The lowest BCUT2D eigenvalue weighted by Crippen LogP contribution is -2.45. The van der Waals surface area contributed by atoms with Gasteiger partial charge in [-0.1, -0.05) is 6.07 Å². The molecule has 0 unspecified atom stereocenters. The van der Waals surface area contributed by atoms with Crippen molar-refractivity contribution < 1.29 is 27.5 Å². The highest BCUT2D eigenvalue weighted by Crippen LogP contribution is 2.44. The minimum Gasteiger partial charge on any atom is -0.461 e. The maximum absolute atomic E-state index is 13.5. The van der Waals surface area contributed by atoms with Crippen LogP contribution in [0.4, 0.5) is 13.2 Å². The van der Waals surface area contributed by atoms with Crippen molar-refractivity contribution in [3.05, 3.63) is 47.0 Å². The number of esters is 1. The molecule has 6 nitrogen and oxygen atoms in total. The number of carbonyl (C=O) groups is 2. The average molecular weight is 365 g/mol. The summed E-state index contributed by atoms with van der Waals surface area (Å²) < 4.78 is 46.8. The highest BCUT2D eigenvalue weighted by molar-refractivity contribution is 6.01. The third-order valence-electron chi connectivity index (χ3n) is 4.69. The number of hydrogen-bond donors (Lipinski definition) is 0. The van der Waals surface area contributed by atoms with Crippen LogP contribution >= 0.6 is 0 Å². The quantitative estimate of drug-likeness (QED) is 0.768. The van der Waals surface area contributed by atoms with Crippen LogP contribution in [0.3, 0.4) is 0 Å². The molecule has 0 aliphatic carbocycles. The number of alkyl halides is 3. The summed E-state index contributed by atoms with van der Waals surface area (Å²) in [5.41, 5.74) is -0.931. The van der Waals surface area contributed by atoms with Gasteiger partial charge in [0, 0.05) is 6.54 Å². The molecule has 26 heavy (non-hydrogen) atoms. The van der Waals surface area contributed by atoms with Gasteiger partial charge in [-0.15, -0.1) is 0 Å². The van der Waals surface area contributed by atoms with Crippen LogP contribution < -0.4 is 0 Å². The normalized spacial score (nSPS) is 18.4. The lowest BCUT2D eigenvalue weighted by Gasteiger charge is -2.40. The molecule has 4 rings (SSSR count). The van der Waals surface area contributed by atoms with Gasteiger partial charge in [0.05, 0.1) is 35.2 Å². The van der Waals surface area contributed by atoms with E-state index in [1.807, 2.05) is 0 Å². The Morgan fingerprint density at radius 2 is 2.15 bits per heavy atom. The number of benzene rings is 1. The SMILES string of the molecule is CCOC(=O)c1ncn2c1[C@@H]1CCN1C(=O)c1c-2cccc1C(F)(F)F. The first-order chi connectivity index (χ1) is 12.3. The van der Waals surface area contributed by atoms with E-state index >= 15 is 0 Å². The molecule has 1 aromatic carbocycles. The molecule has 1 aromatic heterocycles. The maximum Gasteiger partial charge on any atom is 0.417 e. The van der Waals surface area contributed by atoms with E-state index in [9.17, 15) is 22.8 Å². The maximum atomic E-state index is 13.5. The topological polar surface area (TPSA) is 64.4 Å². The van der Waals surface area contributed by atoms with Gasteiger partial charge in [-0.2, -0.15) is 13.2 Å². The van der Waals surface area contributed by atoms with Crippen LogP contribution in [0.25, 0.3) is 5.69 Å². The first kappa shape index (κ1) is 16.6. The number of aromatic nitrogens is 2. The molecule has 9 heteroatoms. The number of nitrogens with zero attached hydrogens (tertiary/aromatic N) is 3. The summed E-state index contributed by atoms with van der Waals surface area (Å²) >= 11 is 0. The molecule has 0 radical (unpaired) electrons. The average Bonchev–Trinajstić information content (AvgIpc) is 2.94. The van der Waals surface area contributed by atoms with Gasteiger partial charge in [0.1, 0.15) is 6.33 Å². The molecule has 0 bridgehead atoms. The van der Waals surface area contributed by atoms with E-state index in [0.717, 1.165) is 6.07 Å². The Morgan fingerprint density at radius 3 is 2.77 bits per heavy atom. The third-order valence-corrected chi connectivity index (χ3v) is 4.69. The third kappa shape index (κ3) is 2.23. The summed E-state index contributed by atoms with van der Waals surface area (Å²) in [5.74, 6) is -1.35. The van der Waals surface area contributed by atoms with Gasteiger partial charge >= 0.3 is 12.1 Å². The zero-order valence-electron chi connectivity index (χ0n) is 13.7. The van der Waals surface area contributed by atoms with E-state index < -0.39 is 35.2 Å². The molecule has 2 aromatic rings. The molecular weight excluding hydrogens is 351 g/mol. The number of ether oxygens (including phenoxy) is 1. The van der Waals surface area contributed by atoms with Gasteiger partial charge in [0.15, 0.2) is 5.69 Å². The minimum atomic E-state index is -4.67. The summed E-state index contributed by atoms with van der Waals surface area (Å²) in [4.78, 5) is 30.4. The molecule has 2 aliphatic heterocycles. The standard InChI is InChI=1S/C17H14F3N3O3/c1-2-26-16(25)13-14-11-6-7-22(11)15(24)12-9(17(18,19)20)4-3-5-10(12)23(14)8-21-13/h3-5,8,11H,2,6-7H2,1H3/t11-/m0/s1. The van der Waals surface area contributed by atoms with Crippen LogP contribution in [0.1, 0.15) is 51.5 Å². The largest absolute Gasteiger partial charge is 0.461 e. The van der Waals surface area contributed by atoms with Crippen molar-refractivity contribution in [2.45, 2.75) is 25.6 Å². The van der Waals surface area contributed by atoms with Crippen molar-refractivity contribution in [2.24, 2.45) is 0 Å². The number of hydrogen-bond acceptors (Lipinski definition) is 4. The first-order valence-corrected chi connectivity index (χ1v) is 8.10. The molecular formula is C17H14F3N3O3. The van der Waals surface area contributed by atoms with E-state index in [1.165, 1.54) is 27.9 Å². The van der Waals surface area contributed by atoms with Crippen molar-refractivity contribution in [2.75, 3.05) is 13.2 Å². The summed E-state index contributed by atoms with van der Waals surface area (Å²) in [7, 11) is 0. The van der Waals surface area contributed by atoms with E-state index in [-0.39, 0.29) is 18.0 Å². The Kier molecular flexibility index (Phi) is 3.57. The molecule has 2 aliphatic rings. The summed E-state index contributed by atoms with van der Waals surface area (Å²) in [5, 5.41) is 0. The second-order valence-electron chi connectivity index (χ2n) is 6.07. The number of imidazole rings is 1. The second kappa shape index (κ2) is 5.58. The predicted molar refractivity (Wildman–Crippen MR) is 82.9 cm³/mol. The second-order valence-corrected chi connectivity index (χ2v) is 6.07. The zero-order chi connectivity index (χ0) is 18.6. The predicted octanol–water partition coefficient (Wildman–Crippen LogP) is 2.97. The van der Waals surface area contributed by atoms with Crippen molar-refractivity contribution in [3.8, 4) is 5.69 Å². The number of carbonyl (C=O) groups excluding carboxylic acids is 2. The summed E-state index contributed by atoms with van der Waals surface area (Å²) in [6.07, 6.45) is -2.86. The van der Waals surface area contributed by atoms with Crippen LogP contribution in [-0.2, 0) is 10.9 Å². The fraction of sp³-hybridized carbons (Fsp3) is 0.353. The van der Waals surface area contributed by atoms with Crippen molar-refractivity contribution >= 4 is 11.9 Å². The molecule has 1 atom stereocenters. The van der Waals surface area contributed by atoms with Gasteiger partial charge in [-0.05, 0) is 25.5 Å². The van der Waals surface area contributed by atoms with E-state index in [0.29, 0.717) is 18.7 Å². The molecule has 1 amide bonds. The molecule has 0 N–H and O–H groups in total. The summed E-state index contributed by atoms with van der Waals surface area (Å²) in [6.45, 7) is 2.12. The Labute approximate surface area is 146 Å². The Hall–Kier alpha value is -2.84. The number of rotatable bonds is 2. The molecule has 0 spiro atoms. The van der Waals surface area contributed by atoms with E-state index in [2.05, 4.69) is 4.98 Å². The fourth-order valence-electron chi connectivity index (χ4n) is 3.49. The smallest absolute Gasteiger partial charge is 0.417 e. The summed E-state index contributed by atoms with van der Waals surface area (Å²) in [6, 6.07) is 3.05. The lowest BCUT2D eigenvalue weighted by atomic mass is 9.96. The van der Waals surface area contributed by atoms with Crippen LogP contribution in [0.2, 0.25) is 0 Å². The van der Waals surface area contributed by atoms with Crippen LogP contribution in [0.5, 0.6) is 0 Å². The highest BCUT2D eigenvalue weighted by atomic mass is 19.4. The van der Waals surface area contributed by atoms with Gasteiger partial charge < -0.3 is 9.64 Å². The molecule has 136 valence electrons. The lowest BCUT2D eigenvalue weighted by molar-refractivity contribution is -0.138. The van der Waals surface area contributed by atoms with Crippen LogP contribution in [0, 0.1) is 0 Å². The number of fused-ring (bicyclic) bond motifs is 5. The fourth-order valence-corrected chi connectivity index (χ4v) is 3.49. The van der Waals surface area contributed by atoms with Crippen molar-refractivity contribution in [3.63, 3.8) is 0 Å². The van der Waals surface area contributed by atoms with Crippen molar-refractivity contribution in [1.29, 1.82) is 0 Å². The molecule has 1 saturated heterocycles. The van der Waals surface area contributed by atoms with Gasteiger partial charge in [-0.25, -0.2) is 9.78 Å². The monoisotopic (exact) mass is 365 g/mol. The first-order valence-electron chi connectivity index (χ1n) is 8.10. The Bertz CT molecular complexity index is 920. The van der Waals surface area contributed by atoms with E-state index in [1.54, 1.807) is 6.92 Å². The van der Waals surface area contributed by atoms with Crippen molar-refractivity contribution in [1.82, 2.24) is 14.5 Å². The number of halogens is 3. The van der Waals surface area contributed by atoms with Crippen LogP contribution in [0.15, 0.2) is 24.5 Å². The molecule has 1 fully saturated rings. The minimum absolute atomic E-state index is 0.0274. The van der Waals surface area contributed by atoms with Gasteiger partial charge in [0.25, 0.3) is 5.91 Å². The van der Waals surface area contributed by atoms with Gasteiger partial charge in [-0.3, -0.25) is 9.36 Å².